The van der Waals surface area contributed by atoms with E-state index in [-0.39, 0.29) is 11.8 Å². The van der Waals surface area contributed by atoms with Gasteiger partial charge in [0.2, 0.25) is 5.91 Å². The van der Waals surface area contributed by atoms with Crippen LogP contribution in [0.5, 0.6) is 0 Å². The second-order valence-electron chi connectivity index (χ2n) is 5.57. The van der Waals surface area contributed by atoms with Gasteiger partial charge in [-0.05, 0) is 29.7 Å². The minimum atomic E-state index is -0.0662. The maximum absolute atomic E-state index is 12.8. The number of halogens is 1. The molecule has 0 aliphatic rings. The lowest BCUT2D eigenvalue weighted by Crippen LogP contribution is -2.31. The molecule has 2 aromatic carbocycles. The number of carbonyl (C=O) groups is 1. The largest absolute Gasteiger partial charge is 0.341 e. The molecular weight excluding hydrogens is 294 g/mol. The van der Waals surface area contributed by atoms with Gasteiger partial charge in [-0.25, -0.2) is 0 Å². The van der Waals surface area contributed by atoms with E-state index in [1.165, 1.54) is 0 Å². The summed E-state index contributed by atoms with van der Waals surface area (Å²) in [6, 6.07) is 17.7. The number of likely N-dealkylation sites (N-methyl/N-ethyl adjacent to an activating group) is 1. The van der Waals surface area contributed by atoms with Crippen molar-refractivity contribution >= 4 is 17.5 Å². The Morgan fingerprint density at radius 2 is 1.73 bits per heavy atom. The summed E-state index contributed by atoms with van der Waals surface area (Å²) < 4.78 is 0. The van der Waals surface area contributed by atoms with Crippen molar-refractivity contribution in [1.82, 2.24) is 4.90 Å². The molecule has 2 rings (SSSR count). The molecule has 0 heterocycles. The summed E-state index contributed by atoms with van der Waals surface area (Å²) in [4.78, 5) is 14.6. The van der Waals surface area contributed by atoms with Gasteiger partial charge in [-0.15, -0.1) is 0 Å². The molecule has 0 saturated carbocycles. The van der Waals surface area contributed by atoms with Gasteiger partial charge < -0.3 is 4.90 Å². The summed E-state index contributed by atoms with van der Waals surface area (Å²) in [5, 5.41) is 0.714. The topological polar surface area (TPSA) is 20.3 Å². The molecule has 0 saturated heterocycles. The maximum atomic E-state index is 12.8. The average molecular weight is 316 g/mol. The molecule has 3 heteroatoms. The molecule has 1 unspecified atom stereocenters. The van der Waals surface area contributed by atoms with E-state index in [9.17, 15) is 4.79 Å². The van der Waals surface area contributed by atoms with Gasteiger partial charge in [0.25, 0.3) is 0 Å². The van der Waals surface area contributed by atoms with Crippen molar-refractivity contribution in [3.63, 3.8) is 0 Å². The predicted molar refractivity (Wildman–Crippen MR) is 92.0 cm³/mol. The van der Waals surface area contributed by atoms with E-state index in [1.807, 2.05) is 61.6 Å². The molecule has 116 valence electrons. The molecule has 0 bridgehead atoms. The molecule has 0 spiro atoms. The quantitative estimate of drug-likeness (QED) is 0.743. The minimum Gasteiger partial charge on any atom is -0.341 e. The van der Waals surface area contributed by atoms with Gasteiger partial charge in [-0.1, -0.05) is 67.4 Å². The molecule has 0 aliphatic carbocycles. The van der Waals surface area contributed by atoms with E-state index >= 15 is 0 Å². The number of amides is 1. The Bertz CT molecular complexity index is 595. The highest BCUT2D eigenvalue weighted by Crippen LogP contribution is 2.24. The van der Waals surface area contributed by atoms with Crippen molar-refractivity contribution in [2.45, 2.75) is 32.2 Å². The van der Waals surface area contributed by atoms with Gasteiger partial charge in [0, 0.05) is 18.6 Å². The fourth-order valence-electron chi connectivity index (χ4n) is 2.61. The number of benzene rings is 2. The molecular formula is C19H22ClNO. The van der Waals surface area contributed by atoms with Crippen LogP contribution in [0.2, 0.25) is 5.02 Å². The Hall–Kier alpha value is -1.80. The fourth-order valence-corrected chi connectivity index (χ4v) is 2.74. The third-order valence-corrected chi connectivity index (χ3v) is 4.04. The summed E-state index contributed by atoms with van der Waals surface area (Å²) in [5.74, 6) is 0.103. The van der Waals surface area contributed by atoms with E-state index in [4.69, 9.17) is 11.6 Å². The molecule has 1 atom stereocenters. The Balaban J connectivity index is 2.11. The second-order valence-corrected chi connectivity index (χ2v) is 6.01. The van der Waals surface area contributed by atoms with E-state index < -0.39 is 0 Å². The predicted octanol–water partition coefficient (Wildman–Crippen LogP) is 4.88. The first-order valence-electron chi connectivity index (χ1n) is 7.66. The van der Waals surface area contributed by atoms with Gasteiger partial charge in [0.05, 0.1) is 5.92 Å². The van der Waals surface area contributed by atoms with Crippen molar-refractivity contribution in [2.75, 3.05) is 7.05 Å². The highest BCUT2D eigenvalue weighted by atomic mass is 35.5. The molecule has 0 aromatic heterocycles. The van der Waals surface area contributed by atoms with Crippen LogP contribution in [0.4, 0.5) is 0 Å². The van der Waals surface area contributed by atoms with Crippen LogP contribution in [0.15, 0.2) is 54.6 Å². The lowest BCUT2D eigenvalue weighted by Gasteiger charge is -2.24. The molecule has 2 nitrogen and oxygen atoms in total. The lowest BCUT2D eigenvalue weighted by molar-refractivity contribution is -0.132. The molecule has 0 N–H and O–H groups in total. The van der Waals surface area contributed by atoms with Gasteiger partial charge in [0.15, 0.2) is 0 Å². The van der Waals surface area contributed by atoms with Crippen LogP contribution in [0.1, 0.15) is 36.8 Å². The van der Waals surface area contributed by atoms with Gasteiger partial charge in [-0.2, -0.15) is 0 Å². The van der Waals surface area contributed by atoms with E-state index in [0.29, 0.717) is 11.6 Å². The molecule has 2 aromatic rings. The normalized spacial score (nSPS) is 12.0. The molecule has 22 heavy (non-hydrogen) atoms. The first kappa shape index (κ1) is 16.6. The zero-order valence-electron chi connectivity index (χ0n) is 13.1. The van der Waals surface area contributed by atoms with Crippen LogP contribution in [-0.4, -0.2) is 17.9 Å². The number of hydrogen-bond donors (Lipinski definition) is 0. The second kappa shape index (κ2) is 8.00. The SMILES string of the molecule is CCCC(C(=O)N(C)Cc1ccc(Cl)cc1)c1ccccc1. The van der Waals surface area contributed by atoms with E-state index in [1.54, 1.807) is 4.90 Å². The van der Waals surface area contributed by atoms with Gasteiger partial charge in [0.1, 0.15) is 0 Å². The number of rotatable bonds is 6. The zero-order valence-corrected chi connectivity index (χ0v) is 13.9. The Kier molecular flexibility index (Phi) is 6.02. The first-order chi connectivity index (χ1) is 10.6. The smallest absolute Gasteiger partial charge is 0.230 e. The van der Waals surface area contributed by atoms with Crippen LogP contribution in [0, 0.1) is 0 Å². The fraction of sp³-hybridized carbons (Fsp3) is 0.316. The molecule has 0 aliphatic heterocycles. The Morgan fingerprint density at radius 1 is 1.09 bits per heavy atom. The zero-order chi connectivity index (χ0) is 15.9. The lowest BCUT2D eigenvalue weighted by atomic mass is 9.93. The summed E-state index contributed by atoms with van der Waals surface area (Å²) >= 11 is 5.90. The molecule has 0 fully saturated rings. The highest BCUT2D eigenvalue weighted by molar-refractivity contribution is 6.30. The van der Waals surface area contributed by atoms with Crippen LogP contribution in [-0.2, 0) is 11.3 Å². The Morgan fingerprint density at radius 3 is 2.32 bits per heavy atom. The summed E-state index contributed by atoms with van der Waals surface area (Å²) in [5.41, 5.74) is 2.18. The summed E-state index contributed by atoms with van der Waals surface area (Å²) in [6.45, 7) is 2.71. The summed E-state index contributed by atoms with van der Waals surface area (Å²) in [6.07, 6.45) is 1.86. The van der Waals surface area contributed by atoms with Crippen LogP contribution >= 0.6 is 11.6 Å². The number of carbonyl (C=O) groups excluding carboxylic acids is 1. The van der Waals surface area contributed by atoms with Gasteiger partial charge in [-0.3, -0.25) is 4.79 Å². The van der Waals surface area contributed by atoms with Crippen molar-refractivity contribution in [3.05, 3.63) is 70.7 Å². The minimum absolute atomic E-state index is 0.0662. The molecule has 0 radical (unpaired) electrons. The maximum Gasteiger partial charge on any atom is 0.230 e. The third kappa shape index (κ3) is 4.35. The standard InChI is InChI=1S/C19H22ClNO/c1-3-7-18(16-8-5-4-6-9-16)19(22)21(2)14-15-10-12-17(20)13-11-15/h4-6,8-13,18H,3,7,14H2,1-2H3. The van der Waals surface area contributed by atoms with Crippen LogP contribution < -0.4 is 0 Å². The van der Waals surface area contributed by atoms with E-state index in [2.05, 4.69) is 6.92 Å². The van der Waals surface area contributed by atoms with Crippen LogP contribution in [0.25, 0.3) is 0 Å². The number of hydrogen-bond acceptors (Lipinski definition) is 1. The number of nitrogens with zero attached hydrogens (tertiary/aromatic N) is 1. The first-order valence-corrected chi connectivity index (χ1v) is 8.04. The summed E-state index contributed by atoms with van der Waals surface area (Å²) in [7, 11) is 1.86. The highest BCUT2D eigenvalue weighted by Gasteiger charge is 2.22. The van der Waals surface area contributed by atoms with Gasteiger partial charge >= 0.3 is 0 Å². The average Bonchev–Trinajstić information content (AvgIpc) is 2.55. The molecule has 1 amide bonds. The van der Waals surface area contributed by atoms with Crippen LogP contribution in [0.3, 0.4) is 0 Å². The van der Waals surface area contributed by atoms with Crippen molar-refractivity contribution in [3.8, 4) is 0 Å². The monoisotopic (exact) mass is 315 g/mol. The van der Waals surface area contributed by atoms with Crippen molar-refractivity contribution in [1.29, 1.82) is 0 Å². The third-order valence-electron chi connectivity index (χ3n) is 3.79. The Labute approximate surface area is 137 Å². The van der Waals surface area contributed by atoms with Crippen molar-refractivity contribution < 1.29 is 4.79 Å². The van der Waals surface area contributed by atoms with E-state index in [0.717, 1.165) is 24.0 Å². The van der Waals surface area contributed by atoms with Crippen molar-refractivity contribution in [2.24, 2.45) is 0 Å².